The molecule has 4 rings (SSSR count). The van der Waals surface area contributed by atoms with Crippen LogP contribution in [0.2, 0.25) is 10.0 Å². The first kappa shape index (κ1) is 24.0. The van der Waals surface area contributed by atoms with E-state index in [1.807, 2.05) is 54.6 Å². The summed E-state index contributed by atoms with van der Waals surface area (Å²) in [5, 5.41) is 12.9. The molecule has 1 aromatic heterocycles. The van der Waals surface area contributed by atoms with Crippen LogP contribution >= 0.6 is 23.2 Å². The topological polar surface area (TPSA) is 68.7 Å². The molecule has 0 fully saturated rings. The van der Waals surface area contributed by atoms with Gasteiger partial charge in [-0.25, -0.2) is 9.78 Å². The molecule has 0 spiro atoms. The van der Waals surface area contributed by atoms with Gasteiger partial charge in [0.25, 0.3) is 0 Å². The molecular weight excluding hydrogens is 473 g/mol. The summed E-state index contributed by atoms with van der Waals surface area (Å²) in [4.78, 5) is 16.7. The number of carbonyl (C=O) groups excluding carboxylic acids is 1. The van der Waals surface area contributed by atoms with Crippen molar-refractivity contribution < 1.29 is 19.4 Å². The van der Waals surface area contributed by atoms with Crippen molar-refractivity contribution in [2.24, 2.45) is 0 Å². The number of esters is 1. The Balaban J connectivity index is 1.41. The number of aliphatic hydroxyl groups is 1. The molecular formula is C27H23Cl2NO4. The fourth-order valence-electron chi connectivity index (χ4n) is 3.71. The van der Waals surface area contributed by atoms with Gasteiger partial charge in [-0.1, -0.05) is 53.5 Å². The fourth-order valence-corrected chi connectivity index (χ4v) is 4.05. The van der Waals surface area contributed by atoms with Crippen molar-refractivity contribution in [1.82, 2.24) is 4.98 Å². The molecule has 1 atom stereocenters. The maximum atomic E-state index is 12.1. The highest BCUT2D eigenvalue weighted by atomic mass is 35.5. The number of methoxy groups -OCH3 is 1. The summed E-state index contributed by atoms with van der Waals surface area (Å²) in [6, 6.07) is 21.9. The summed E-state index contributed by atoms with van der Waals surface area (Å²) in [5.74, 6) is 0.179. The van der Waals surface area contributed by atoms with Crippen LogP contribution in [0.5, 0.6) is 5.75 Å². The van der Waals surface area contributed by atoms with Gasteiger partial charge in [-0.2, -0.15) is 0 Å². The molecule has 34 heavy (non-hydrogen) atoms. The van der Waals surface area contributed by atoms with Gasteiger partial charge in [0.1, 0.15) is 12.4 Å². The van der Waals surface area contributed by atoms with E-state index in [1.54, 1.807) is 18.2 Å². The normalized spacial score (nSPS) is 11.9. The molecule has 4 aromatic rings. The summed E-state index contributed by atoms with van der Waals surface area (Å²) in [6.45, 7) is 0.287. The average molecular weight is 496 g/mol. The van der Waals surface area contributed by atoms with E-state index in [0.717, 1.165) is 27.7 Å². The third-order valence-electron chi connectivity index (χ3n) is 5.51. The second-order valence-electron chi connectivity index (χ2n) is 7.85. The Morgan fingerprint density at radius 1 is 1.00 bits per heavy atom. The smallest absolute Gasteiger partial charge is 0.338 e. The molecule has 3 aromatic carbocycles. The highest BCUT2D eigenvalue weighted by molar-refractivity contribution is 6.31. The van der Waals surface area contributed by atoms with Gasteiger partial charge in [0.05, 0.1) is 30.0 Å². The lowest BCUT2D eigenvalue weighted by atomic mass is 9.98. The van der Waals surface area contributed by atoms with Crippen molar-refractivity contribution >= 4 is 40.1 Å². The van der Waals surface area contributed by atoms with Gasteiger partial charge < -0.3 is 14.6 Å². The van der Waals surface area contributed by atoms with E-state index in [-0.39, 0.29) is 6.61 Å². The Morgan fingerprint density at radius 3 is 2.59 bits per heavy atom. The molecule has 174 valence electrons. The van der Waals surface area contributed by atoms with Crippen LogP contribution in [0.15, 0.2) is 72.8 Å². The lowest BCUT2D eigenvalue weighted by molar-refractivity contribution is 0.0599. The number of ether oxygens (including phenoxy) is 2. The van der Waals surface area contributed by atoms with Crippen LogP contribution in [0.3, 0.4) is 0 Å². The minimum atomic E-state index is -0.731. The largest absolute Gasteiger partial charge is 0.487 e. The molecule has 0 bridgehead atoms. The van der Waals surface area contributed by atoms with E-state index in [4.69, 9.17) is 32.7 Å². The standard InChI is InChI=1S/C27H23Cl2NO4/c1-33-27(32)24-14-20(28)9-5-17(24)8-12-26(31)19-3-2-4-23(13-19)34-16-22-11-7-18-6-10-21(29)15-25(18)30-22/h2-7,9-11,13-15,26,31H,8,12,16H2,1H3. The minimum Gasteiger partial charge on any atom is -0.487 e. The molecule has 0 aliphatic heterocycles. The first-order valence-electron chi connectivity index (χ1n) is 10.8. The minimum absolute atomic E-state index is 0.287. The predicted octanol–water partition coefficient (Wildman–Crippen LogP) is 6.57. The summed E-state index contributed by atoms with van der Waals surface area (Å²) in [6.07, 6.45) is 0.171. The molecule has 0 aliphatic rings. The van der Waals surface area contributed by atoms with Gasteiger partial charge in [0.15, 0.2) is 0 Å². The number of halogens is 2. The van der Waals surface area contributed by atoms with E-state index >= 15 is 0 Å². The molecule has 1 N–H and O–H groups in total. The predicted molar refractivity (Wildman–Crippen MR) is 134 cm³/mol. The van der Waals surface area contributed by atoms with Gasteiger partial charge in [-0.3, -0.25) is 0 Å². The Bertz CT molecular complexity index is 1330. The molecule has 5 nitrogen and oxygen atoms in total. The lowest BCUT2D eigenvalue weighted by Crippen LogP contribution is -2.08. The number of carbonyl (C=O) groups is 1. The third kappa shape index (κ3) is 5.86. The molecule has 0 saturated heterocycles. The zero-order valence-corrected chi connectivity index (χ0v) is 20.0. The van der Waals surface area contributed by atoms with Gasteiger partial charge in [0.2, 0.25) is 0 Å². The summed E-state index contributed by atoms with van der Waals surface area (Å²) in [5.41, 5.74) is 3.49. The number of fused-ring (bicyclic) bond motifs is 1. The number of pyridine rings is 1. The van der Waals surface area contributed by atoms with Crippen molar-refractivity contribution in [1.29, 1.82) is 0 Å². The second-order valence-corrected chi connectivity index (χ2v) is 8.72. The molecule has 0 radical (unpaired) electrons. The van der Waals surface area contributed by atoms with Crippen molar-refractivity contribution in [3.8, 4) is 5.75 Å². The molecule has 1 heterocycles. The number of hydrogen-bond acceptors (Lipinski definition) is 5. The van der Waals surface area contributed by atoms with E-state index in [9.17, 15) is 9.90 Å². The second kappa shape index (κ2) is 10.9. The van der Waals surface area contributed by atoms with Crippen LogP contribution in [0, 0.1) is 0 Å². The number of rotatable bonds is 8. The van der Waals surface area contributed by atoms with Gasteiger partial charge in [-0.15, -0.1) is 0 Å². The SMILES string of the molecule is COC(=O)c1cc(Cl)ccc1CCC(O)c1cccc(OCc2ccc3ccc(Cl)cc3n2)c1. The number of benzene rings is 3. The maximum Gasteiger partial charge on any atom is 0.338 e. The van der Waals surface area contributed by atoms with Crippen LogP contribution in [0.4, 0.5) is 0 Å². The highest BCUT2D eigenvalue weighted by Crippen LogP contribution is 2.26. The lowest BCUT2D eigenvalue weighted by Gasteiger charge is -2.14. The molecule has 0 saturated carbocycles. The first-order valence-corrected chi connectivity index (χ1v) is 11.5. The van der Waals surface area contributed by atoms with Crippen LogP contribution in [-0.2, 0) is 17.8 Å². The number of hydrogen-bond donors (Lipinski definition) is 1. The Labute approximate surface area is 207 Å². The van der Waals surface area contributed by atoms with Crippen LogP contribution in [0.25, 0.3) is 10.9 Å². The molecule has 7 heteroatoms. The zero-order chi connectivity index (χ0) is 24.1. The quantitative estimate of drug-likeness (QED) is 0.280. The van der Waals surface area contributed by atoms with Crippen molar-refractivity contribution in [3.63, 3.8) is 0 Å². The zero-order valence-electron chi connectivity index (χ0n) is 18.5. The molecule has 0 amide bonds. The Hall–Kier alpha value is -3.12. The van der Waals surface area contributed by atoms with E-state index in [1.165, 1.54) is 7.11 Å². The van der Waals surface area contributed by atoms with Crippen LogP contribution in [0.1, 0.15) is 39.7 Å². The molecule has 0 aliphatic carbocycles. The number of aromatic nitrogens is 1. The summed E-state index contributed by atoms with van der Waals surface area (Å²) < 4.78 is 10.8. The van der Waals surface area contributed by atoms with Crippen LogP contribution in [-0.4, -0.2) is 23.2 Å². The Kier molecular flexibility index (Phi) is 7.68. The maximum absolute atomic E-state index is 12.1. The summed E-state index contributed by atoms with van der Waals surface area (Å²) in [7, 11) is 1.33. The van der Waals surface area contributed by atoms with Crippen molar-refractivity contribution in [2.45, 2.75) is 25.6 Å². The number of aliphatic hydroxyl groups excluding tert-OH is 1. The first-order chi connectivity index (χ1) is 16.4. The molecule has 1 unspecified atom stereocenters. The van der Waals surface area contributed by atoms with E-state index in [0.29, 0.717) is 34.2 Å². The van der Waals surface area contributed by atoms with Crippen LogP contribution < -0.4 is 4.74 Å². The average Bonchev–Trinajstić information content (AvgIpc) is 2.85. The summed E-state index contributed by atoms with van der Waals surface area (Å²) >= 11 is 12.1. The van der Waals surface area contributed by atoms with Crippen molar-refractivity contribution in [2.75, 3.05) is 7.11 Å². The third-order valence-corrected chi connectivity index (χ3v) is 5.98. The Morgan fingerprint density at radius 2 is 1.76 bits per heavy atom. The monoisotopic (exact) mass is 495 g/mol. The van der Waals surface area contributed by atoms with Crippen molar-refractivity contribution in [3.05, 3.63) is 105 Å². The van der Waals surface area contributed by atoms with Gasteiger partial charge >= 0.3 is 5.97 Å². The number of aryl methyl sites for hydroxylation is 1. The van der Waals surface area contributed by atoms with Gasteiger partial charge in [-0.05, 0) is 66.4 Å². The van der Waals surface area contributed by atoms with Gasteiger partial charge in [0, 0.05) is 15.4 Å². The van der Waals surface area contributed by atoms with E-state index < -0.39 is 12.1 Å². The highest BCUT2D eigenvalue weighted by Gasteiger charge is 2.15. The van der Waals surface area contributed by atoms with E-state index in [2.05, 4.69) is 4.98 Å². The fraction of sp³-hybridized carbons (Fsp3) is 0.185. The number of nitrogens with zero attached hydrogens (tertiary/aromatic N) is 1.